The van der Waals surface area contributed by atoms with Crippen LogP contribution in [0.25, 0.3) is 37.4 Å². The Labute approximate surface area is 138 Å². The minimum absolute atomic E-state index is 0.0944. The summed E-state index contributed by atoms with van der Waals surface area (Å²) in [5.41, 5.74) is 3.15. The highest BCUT2D eigenvalue weighted by molar-refractivity contribution is 7.24. The maximum Gasteiger partial charge on any atom is 0.196 e. The van der Waals surface area contributed by atoms with Crippen LogP contribution in [0.2, 0.25) is 0 Å². The molecular weight excluding hydrogens is 300 g/mol. The molecule has 1 heterocycles. The van der Waals surface area contributed by atoms with E-state index in [1.54, 1.807) is 11.3 Å². The Hall–Kier alpha value is -2.71. The van der Waals surface area contributed by atoms with Gasteiger partial charge in [0.15, 0.2) is 5.43 Å². The van der Waals surface area contributed by atoms with Crippen molar-refractivity contribution in [3.63, 3.8) is 0 Å². The molecule has 0 saturated heterocycles. The van der Waals surface area contributed by atoms with Crippen molar-refractivity contribution < 1.29 is 0 Å². The lowest BCUT2D eigenvalue weighted by Gasteiger charge is -2.10. The van der Waals surface area contributed by atoms with E-state index in [1.807, 2.05) is 72.8 Å². The van der Waals surface area contributed by atoms with Gasteiger partial charge in [-0.3, -0.25) is 4.79 Å². The van der Waals surface area contributed by atoms with Gasteiger partial charge in [-0.1, -0.05) is 67.3 Å². The largest absolute Gasteiger partial charge is 0.288 e. The molecule has 23 heavy (non-hydrogen) atoms. The SMILES string of the molecule is C=Cc1ccc(-c2ccccc2)c2c(=O)c3ccccc3sc12. The van der Waals surface area contributed by atoms with Gasteiger partial charge in [0.25, 0.3) is 0 Å². The van der Waals surface area contributed by atoms with Gasteiger partial charge in [-0.2, -0.15) is 0 Å². The van der Waals surface area contributed by atoms with Gasteiger partial charge in [0, 0.05) is 20.2 Å². The molecule has 4 rings (SSSR count). The molecule has 0 aliphatic heterocycles. The Morgan fingerprint density at radius 2 is 1.61 bits per heavy atom. The zero-order valence-corrected chi connectivity index (χ0v) is 13.3. The monoisotopic (exact) mass is 314 g/mol. The lowest BCUT2D eigenvalue weighted by atomic mass is 9.98. The van der Waals surface area contributed by atoms with Gasteiger partial charge in [0.2, 0.25) is 0 Å². The first-order valence-electron chi connectivity index (χ1n) is 7.46. The Morgan fingerprint density at radius 1 is 0.870 bits per heavy atom. The quantitative estimate of drug-likeness (QED) is 0.432. The molecule has 0 saturated carbocycles. The molecule has 0 amide bonds. The predicted octanol–water partition coefficient (Wildman–Crippen LogP) is 5.72. The molecule has 3 aromatic carbocycles. The third-order valence-electron chi connectivity index (χ3n) is 4.06. The maximum absolute atomic E-state index is 13.1. The molecular formula is C21H14OS. The zero-order chi connectivity index (χ0) is 15.8. The molecule has 0 aliphatic carbocycles. The van der Waals surface area contributed by atoms with Crippen molar-refractivity contribution in [1.29, 1.82) is 0 Å². The lowest BCUT2D eigenvalue weighted by Crippen LogP contribution is -2.03. The summed E-state index contributed by atoms with van der Waals surface area (Å²) in [6.45, 7) is 3.90. The van der Waals surface area contributed by atoms with Crippen LogP contribution in [0.5, 0.6) is 0 Å². The summed E-state index contributed by atoms with van der Waals surface area (Å²) in [5.74, 6) is 0. The highest BCUT2D eigenvalue weighted by Gasteiger charge is 2.13. The van der Waals surface area contributed by atoms with E-state index in [1.165, 1.54) is 0 Å². The van der Waals surface area contributed by atoms with Crippen LogP contribution in [-0.2, 0) is 0 Å². The standard InChI is InChI=1S/C21H14OS/c1-2-14-12-13-16(15-8-4-3-5-9-15)19-20(22)17-10-6-7-11-18(17)23-21(14)19/h2-13H,1H2. The van der Waals surface area contributed by atoms with Gasteiger partial charge in [-0.15, -0.1) is 11.3 Å². The molecule has 0 fully saturated rings. The number of benzene rings is 3. The van der Waals surface area contributed by atoms with Crippen molar-refractivity contribution in [2.24, 2.45) is 0 Å². The molecule has 0 atom stereocenters. The molecule has 1 aromatic heterocycles. The Kier molecular flexibility index (Phi) is 3.32. The van der Waals surface area contributed by atoms with Crippen LogP contribution in [0.1, 0.15) is 5.56 Å². The van der Waals surface area contributed by atoms with E-state index >= 15 is 0 Å². The van der Waals surface area contributed by atoms with Crippen LogP contribution in [0.15, 0.2) is 78.1 Å². The lowest BCUT2D eigenvalue weighted by molar-refractivity contribution is 1.64. The fraction of sp³-hybridized carbons (Fsp3) is 0. The van der Waals surface area contributed by atoms with Gasteiger partial charge in [-0.05, 0) is 28.8 Å². The molecule has 2 heteroatoms. The average Bonchev–Trinajstić information content (AvgIpc) is 2.62. The van der Waals surface area contributed by atoms with Crippen molar-refractivity contribution in [3.05, 3.63) is 89.1 Å². The van der Waals surface area contributed by atoms with Crippen molar-refractivity contribution in [2.75, 3.05) is 0 Å². The fourth-order valence-corrected chi connectivity index (χ4v) is 4.15. The van der Waals surface area contributed by atoms with Crippen LogP contribution < -0.4 is 5.43 Å². The molecule has 110 valence electrons. The Bertz CT molecular complexity index is 1090. The van der Waals surface area contributed by atoms with Crippen LogP contribution in [0.4, 0.5) is 0 Å². The summed E-state index contributed by atoms with van der Waals surface area (Å²) < 4.78 is 2.02. The van der Waals surface area contributed by atoms with Crippen molar-refractivity contribution in [1.82, 2.24) is 0 Å². The Balaban J connectivity index is 2.24. The first-order chi connectivity index (χ1) is 11.3. The number of rotatable bonds is 2. The summed E-state index contributed by atoms with van der Waals surface area (Å²) in [5, 5.41) is 1.57. The topological polar surface area (TPSA) is 17.1 Å². The second kappa shape index (κ2) is 5.49. The minimum atomic E-state index is 0.0944. The van der Waals surface area contributed by atoms with Crippen LogP contribution in [-0.4, -0.2) is 0 Å². The molecule has 0 unspecified atom stereocenters. The van der Waals surface area contributed by atoms with Gasteiger partial charge in [0.1, 0.15) is 0 Å². The predicted molar refractivity (Wildman–Crippen MR) is 101 cm³/mol. The maximum atomic E-state index is 13.1. The molecule has 1 nitrogen and oxygen atoms in total. The first-order valence-corrected chi connectivity index (χ1v) is 8.27. The summed E-state index contributed by atoms with van der Waals surface area (Å²) in [7, 11) is 0. The number of hydrogen-bond acceptors (Lipinski definition) is 2. The normalized spacial score (nSPS) is 11.0. The van der Waals surface area contributed by atoms with E-state index in [2.05, 4.69) is 6.58 Å². The number of fused-ring (bicyclic) bond motifs is 2. The van der Waals surface area contributed by atoms with Crippen molar-refractivity contribution in [2.45, 2.75) is 0 Å². The zero-order valence-electron chi connectivity index (χ0n) is 12.5. The molecule has 0 aliphatic rings. The third-order valence-corrected chi connectivity index (χ3v) is 5.28. The smallest absolute Gasteiger partial charge is 0.196 e. The fourth-order valence-electron chi connectivity index (χ4n) is 2.94. The van der Waals surface area contributed by atoms with E-state index in [4.69, 9.17) is 0 Å². The summed E-state index contributed by atoms with van der Waals surface area (Å²) >= 11 is 1.65. The number of hydrogen-bond donors (Lipinski definition) is 0. The molecule has 0 N–H and O–H groups in total. The van der Waals surface area contributed by atoms with Gasteiger partial charge in [-0.25, -0.2) is 0 Å². The van der Waals surface area contributed by atoms with E-state index in [-0.39, 0.29) is 5.43 Å². The van der Waals surface area contributed by atoms with Gasteiger partial charge < -0.3 is 0 Å². The van der Waals surface area contributed by atoms with Gasteiger partial charge in [0.05, 0.1) is 0 Å². The van der Waals surface area contributed by atoms with E-state index in [0.29, 0.717) is 0 Å². The Morgan fingerprint density at radius 3 is 2.39 bits per heavy atom. The van der Waals surface area contributed by atoms with Crippen LogP contribution >= 0.6 is 11.3 Å². The highest BCUT2D eigenvalue weighted by atomic mass is 32.1. The van der Waals surface area contributed by atoms with E-state index in [0.717, 1.165) is 36.9 Å². The summed E-state index contributed by atoms with van der Waals surface area (Å²) in [6, 6.07) is 21.9. The van der Waals surface area contributed by atoms with Crippen molar-refractivity contribution in [3.8, 4) is 11.1 Å². The highest BCUT2D eigenvalue weighted by Crippen LogP contribution is 2.34. The van der Waals surface area contributed by atoms with E-state index < -0.39 is 0 Å². The average molecular weight is 314 g/mol. The molecule has 0 bridgehead atoms. The summed E-state index contributed by atoms with van der Waals surface area (Å²) in [6.07, 6.45) is 1.82. The third kappa shape index (κ3) is 2.19. The second-order valence-corrected chi connectivity index (χ2v) is 6.46. The van der Waals surface area contributed by atoms with E-state index in [9.17, 15) is 4.79 Å². The van der Waals surface area contributed by atoms with Crippen LogP contribution in [0, 0.1) is 0 Å². The molecule has 0 radical (unpaired) electrons. The van der Waals surface area contributed by atoms with Crippen LogP contribution in [0.3, 0.4) is 0 Å². The van der Waals surface area contributed by atoms with Gasteiger partial charge >= 0.3 is 0 Å². The first kappa shape index (κ1) is 13.9. The minimum Gasteiger partial charge on any atom is -0.288 e. The van der Waals surface area contributed by atoms with Crippen molar-refractivity contribution >= 4 is 37.6 Å². The molecule has 0 spiro atoms. The molecule has 4 aromatic rings. The second-order valence-electron chi connectivity index (χ2n) is 5.40. The summed E-state index contributed by atoms with van der Waals surface area (Å²) in [4.78, 5) is 13.1.